The van der Waals surface area contributed by atoms with Crippen LogP contribution in [0.5, 0.6) is 5.75 Å². The number of nitrogens with one attached hydrogen (secondary N) is 1. The third-order valence-corrected chi connectivity index (χ3v) is 5.06. The van der Waals surface area contributed by atoms with Crippen molar-refractivity contribution in [2.45, 2.75) is 4.90 Å². The van der Waals surface area contributed by atoms with Crippen LogP contribution in [0.15, 0.2) is 39.8 Å². The van der Waals surface area contributed by atoms with Gasteiger partial charge in [-0.15, -0.1) is 0 Å². The molecule has 0 atom stereocenters. The average Bonchev–Trinajstić information content (AvgIpc) is 2.43. The second-order valence-electron chi connectivity index (χ2n) is 4.06. The summed E-state index contributed by atoms with van der Waals surface area (Å²) in [6.45, 7) is 0. The van der Waals surface area contributed by atoms with Gasteiger partial charge in [-0.05, 0) is 34.1 Å². The number of phenols is 1. The number of benzene rings is 1. The Labute approximate surface area is 138 Å². The highest BCUT2D eigenvalue weighted by atomic mass is 79.9. The van der Waals surface area contributed by atoms with Gasteiger partial charge in [0, 0.05) is 6.20 Å². The van der Waals surface area contributed by atoms with Gasteiger partial charge < -0.3 is 10.2 Å². The van der Waals surface area contributed by atoms with Gasteiger partial charge in [-0.1, -0.05) is 17.7 Å². The Bertz CT molecular complexity index is 857. The summed E-state index contributed by atoms with van der Waals surface area (Å²) >= 11 is 8.75. The number of sulfonamides is 1. The van der Waals surface area contributed by atoms with E-state index in [4.69, 9.17) is 16.7 Å². The summed E-state index contributed by atoms with van der Waals surface area (Å²) in [5.41, 5.74) is -0.679. The largest absolute Gasteiger partial charge is 0.505 e. The van der Waals surface area contributed by atoms with Crippen molar-refractivity contribution in [1.82, 2.24) is 4.98 Å². The van der Waals surface area contributed by atoms with E-state index in [9.17, 15) is 18.3 Å². The molecule has 1 aromatic carbocycles. The van der Waals surface area contributed by atoms with Crippen LogP contribution in [0.3, 0.4) is 0 Å². The van der Waals surface area contributed by atoms with E-state index in [-0.39, 0.29) is 20.2 Å². The maximum absolute atomic E-state index is 12.2. The molecular formula is C12H8BrClN2O5S. The highest BCUT2D eigenvalue weighted by molar-refractivity contribution is 9.10. The van der Waals surface area contributed by atoms with Crippen LogP contribution in [0.4, 0.5) is 5.69 Å². The molecule has 0 aliphatic rings. The number of carboxylic acid groups (broad SMARTS) is 1. The van der Waals surface area contributed by atoms with Gasteiger partial charge in [-0.2, -0.15) is 0 Å². The zero-order chi connectivity index (χ0) is 16.5. The lowest BCUT2D eigenvalue weighted by Gasteiger charge is -2.11. The maximum Gasteiger partial charge on any atom is 0.339 e. The molecule has 0 radical (unpaired) electrons. The zero-order valence-electron chi connectivity index (χ0n) is 10.6. The number of aromatic carboxylic acids is 1. The molecular weight excluding hydrogens is 400 g/mol. The van der Waals surface area contributed by atoms with Gasteiger partial charge in [0.15, 0.2) is 5.75 Å². The minimum Gasteiger partial charge on any atom is -0.505 e. The van der Waals surface area contributed by atoms with Crippen molar-refractivity contribution in [1.29, 1.82) is 0 Å². The Balaban J connectivity index is 2.43. The predicted molar refractivity (Wildman–Crippen MR) is 82.8 cm³/mol. The molecule has 1 aromatic heterocycles. The third kappa shape index (κ3) is 3.32. The first-order valence-corrected chi connectivity index (χ1v) is 8.27. The van der Waals surface area contributed by atoms with Crippen LogP contribution >= 0.6 is 27.5 Å². The molecule has 0 unspecified atom stereocenters. The van der Waals surface area contributed by atoms with Crippen LogP contribution in [0.25, 0.3) is 0 Å². The lowest BCUT2D eigenvalue weighted by atomic mass is 10.2. The molecule has 3 N–H and O–H groups in total. The standard InChI is InChI=1S/C12H8BrClN2O5S/c13-8-4-6(5-15-11(8)14)22(20,21)16-9-3-1-2-7(10(9)17)12(18)19/h1-5,16-17H,(H,18,19). The van der Waals surface area contributed by atoms with E-state index in [1.165, 1.54) is 18.2 Å². The van der Waals surface area contributed by atoms with Gasteiger partial charge in [0.05, 0.1) is 10.2 Å². The second kappa shape index (κ2) is 6.11. The lowest BCUT2D eigenvalue weighted by molar-refractivity contribution is 0.0694. The summed E-state index contributed by atoms with van der Waals surface area (Å²) in [7, 11) is -4.07. The number of aromatic hydroxyl groups is 1. The van der Waals surface area contributed by atoms with Crippen molar-refractivity contribution < 1.29 is 23.4 Å². The van der Waals surface area contributed by atoms with Gasteiger partial charge in [-0.3, -0.25) is 4.72 Å². The number of hydrogen-bond acceptors (Lipinski definition) is 5. The predicted octanol–water partition coefficient (Wildman–Crippen LogP) is 2.70. The number of para-hydroxylation sites is 1. The molecule has 0 spiro atoms. The highest BCUT2D eigenvalue weighted by Crippen LogP contribution is 2.30. The average molecular weight is 408 g/mol. The molecule has 0 amide bonds. The van der Waals surface area contributed by atoms with Crippen molar-refractivity contribution in [2.24, 2.45) is 0 Å². The minimum atomic E-state index is -4.07. The Kier molecular flexibility index (Phi) is 4.59. The highest BCUT2D eigenvalue weighted by Gasteiger charge is 2.20. The number of anilines is 1. The lowest BCUT2D eigenvalue weighted by Crippen LogP contribution is -2.14. The number of halogens is 2. The van der Waals surface area contributed by atoms with Gasteiger partial charge in [0.25, 0.3) is 10.0 Å². The Hall–Kier alpha value is -1.84. The molecule has 2 rings (SSSR count). The maximum atomic E-state index is 12.2. The molecule has 2 aromatic rings. The first kappa shape index (κ1) is 16.5. The molecule has 1 heterocycles. The summed E-state index contributed by atoms with van der Waals surface area (Å²) < 4.78 is 26.8. The number of nitrogens with zero attached hydrogens (tertiary/aromatic N) is 1. The number of carboxylic acids is 1. The summed E-state index contributed by atoms with van der Waals surface area (Å²) in [5, 5.41) is 18.8. The number of rotatable bonds is 4. The van der Waals surface area contributed by atoms with Crippen LogP contribution in [0.2, 0.25) is 5.15 Å². The molecule has 0 fully saturated rings. The molecule has 0 aliphatic heterocycles. The summed E-state index contributed by atoms with van der Waals surface area (Å²) in [4.78, 5) is 14.4. The molecule has 0 saturated carbocycles. The molecule has 0 bridgehead atoms. The van der Waals surface area contributed by atoms with E-state index < -0.39 is 27.3 Å². The fraction of sp³-hybridized carbons (Fsp3) is 0. The van der Waals surface area contributed by atoms with Crippen LogP contribution in [0.1, 0.15) is 10.4 Å². The van der Waals surface area contributed by atoms with Crippen LogP contribution < -0.4 is 4.72 Å². The van der Waals surface area contributed by atoms with E-state index in [1.54, 1.807) is 0 Å². The first-order valence-electron chi connectivity index (χ1n) is 5.61. The zero-order valence-corrected chi connectivity index (χ0v) is 13.8. The van der Waals surface area contributed by atoms with Crippen LogP contribution in [-0.2, 0) is 10.0 Å². The normalized spacial score (nSPS) is 11.2. The van der Waals surface area contributed by atoms with Crippen LogP contribution in [-0.4, -0.2) is 29.6 Å². The fourth-order valence-electron chi connectivity index (χ4n) is 1.55. The summed E-state index contributed by atoms with van der Waals surface area (Å²) in [6, 6.07) is 4.92. The van der Waals surface area contributed by atoms with Gasteiger partial charge in [0.1, 0.15) is 15.6 Å². The van der Waals surface area contributed by atoms with Crippen molar-refractivity contribution in [3.05, 3.63) is 45.7 Å². The van der Waals surface area contributed by atoms with E-state index in [2.05, 4.69) is 25.6 Å². The van der Waals surface area contributed by atoms with Crippen molar-refractivity contribution in [3.8, 4) is 5.75 Å². The molecule has 10 heteroatoms. The van der Waals surface area contributed by atoms with Crippen molar-refractivity contribution in [3.63, 3.8) is 0 Å². The summed E-state index contributed by atoms with van der Waals surface area (Å²) in [5.74, 6) is -2.06. The number of hydrogen-bond donors (Lipinski definition) is 3. The Morgan fingerprint density at radius 1 is 1.36 bits per heavy atom. The minimum absolute atomic E-state index is 0.0923. The second-order valence-corrected chi connectivity index (χ2v) is 6.95. The van der Waals surface area contributed by atoms with Crippen molar-refractivity contribution >= 4 is 49.2 Å². The Morgan fingerprint density at radius 2 is 2.05 bits per heavy atom. The SMILES string of the molecule is O=C(O)c1cccc(NS(=O)(=O)c2cnc(Cl)c(Br)c2)c1O. The summed E-state index contributed by atoms with van der Waals surface area (Å²) in [6.07, 6.45) is 1.04. The molecule has 116 valence electrons. The smallest absolute Gasteiger partial charge is 0.339 e. The Morgan fingerprint density at radius 3 is 2.64 bits per heavy atom. The van der Waals surface area contributed by atoms with E-state index >= 15 is 0 Å². The van der Waals surface area contributed by atoms with Gasteiger partial charge >= 0.3 is 5.97 Å². The molecule has 0 saturated heterocycles. The van der Waals surface area contributed by atoms with Gasteiger partial charge in [0.2, 0.25) is 0 Å². The third-order valence-electron chi connectivity index (χ3n) is 2.59. The molecule has 7 nitrogen and oxygen atoms in total. The first-order chi connectivity index (χ1) is 10.2. The van der Waals surface area contributed by atoms with Crippen LogP contribution in [0, 0.1) is 0 Å². The topological polar surface area (TPSA) is 117 Å². The quantitative estimate of drug-likeness (QED) is 0.530. The molecule has 22 heavy (non-hydrogen) atoms. The number of pyridine rings is 1. The van der Waals surface area contributed by atoms with Crippen molar-refractivity contribution in [2.75, 3.05) is 4.72 Å². The van der Waals surface area contributed by atoms with E-state index in [0.29, 0.717) is 0 Å². The van der Waals surface area contributed by atoms with E-state index in [0.717, 1.165) is 12.3 Å². The van der Waals surface area contributed by atoms with E-state index in [1.807, 2.05) is 0 Å². The monoisotopic (exact) mass is 406 g/mol. The number of carbonyl (C=O) groups is 1. The number of aromatic nitrogens is 1. The fourth-order valence-corrected chi connectivity index (χ4v) is 3.19. The van der Waals surface area contributed by atoms with Gasteiger partial charge in [-0.25, -0.2) is 18.2 Å². The molecule has 0 aliphatic carbocycles.